The van der Waals surface area contributed by atoms with Crippen molar-refractivity contribution in [3.8, 4) is 22.3 Å². The average molecular weight is 983 g/mol. The summed E-state index contributed by atoms with van der Waals surface area (Å²) in [6.45, 7) is 4.53. The van der Waals surface area contributed by atoms with Crippen molar-refractivity contribution in [1.29, 1.82) is 0 Å². The van der Waals surface area contributed by atoms with Crippen molar-refractivity contribution in [2.24, 2.45) is 23.7 Å². The van der Waals surface area contributed by atoms with E-state index in [4.69, 9.17) is 0 Å². The molecule has 0 atom stereocenters. The molecule has 6 aromatic carbocycles. The molecule has 8 heteroatoms. The van der Waals surface area contributed by atoms with Gasteiger partial charge in [0, 0.05) is 21.9 Å². The predicted octanol–water partition coefficient (Wildman–Crippen LogP) is 21.1. The number of hydrogen-bond acceptors (Lipinski definition) is 0. The quantitative estimate of drug-likeness (QED) is 0.0560. The first-order valence-corrected chi connectivity index (χ1v) is 27.0. The molecule has 0 radical (unpaired) electrons. The average Bonchev–Trinajstić information content (AvgIpc) is 3.37. The van der Waals surface area contributed by atoms with Crippen LogP contribution in [0.5, 0.6) is 0 Å². The third kappa shape index (κ3) is 15.4. The molecule has 2 saturated carbocycles. The van der Waals surface area contributed by atoms with Crippen LogP contribution in [0.25, 0.3) is 43.8 Å². The number of hydrogen-bond donors (Lipinski definition) is 0. The molecular formula is C63H74F8. The third-order valence-electron chi connectivity index (χ3n) is 15.9. The van der Waals surface area contributed by atoms with Gasteiger partial charge in [0.05, 0.1) is 11.1 Å². The lowest BCUT2D eigenvalue weighted by atomic mass is 9.77. The first kappa shape index (κ1) is 54.1. The van der Waals surface area contributed by atoms with Crippen molar-refractivity contribution < 1.29 is 35.1 Å². The van der Waals surface area contributed by atoms with Gasteiger partial charge in [0.1, 0.15) is 11.6 Å². The minimum Gasteiger partial charge on any atom is -0.206 e. The van der Waals surface area contributed by atoms with Crippen molar-refractivity contribution >= 4 is 21.5 Å². The van der Waals surface area contributed by atoms with E-state index in [1.54, 1.807) is 12.1 Å². The molecule has 0 nitrogen and oxygen atoms in total. The van der Waals surface area contributed by atoms with Crippen molar-refractivity contribution in [2.45, 2.75) is 174 Å². The number of fused-ring (bicyclic) bond motifs is 2. The maximum atomic E-state index is 15.3. The molecule has 0 aromatic heterocycles. The third-order valence-corrected chi connectivity index (χ3v) is 15.9. The van der Waals surface area contributed by atoms with E-state index >= 15 is 8.78 Å². The van der Waals surface area contributed by atoms with Crippen LogP contribution in [0.15, 0.2) is 109 Å². The highest BCUT2D eigenvalue weighted by Gasteiger charge is 2.31. The van der Waals surface area contributed by atoms with Gasteiger partial charge >= 0.3 is 12.4 Å². The van der Waals surface area contributed by atoms with Gasteiger partial charge in [-0.2, -0.15) is 26.3 Å². The Morgan fingerprint density at radius 3 is 1.07 bits per heavy atom. The van der Waals surface area contributed by atoms with Crippen molar-refractivity contribution in [1.82, 2.24) is 0 Å². The summed E-state index contributed by atoms with van der Waals surface area (Å²) in [5.74, 6) is 2.65. The second kappa shape index (κ2) is 25.8. The highest BCUT2D eigenvalue weighted by molar-refractivity contribution is 5.90. The first-order valence-electron chi connectivity index (χ1n) is 27.0. The molecule has 0 N–H and O–H groups in total. The summed E-state index contributed by atoms with van der Waals surface area (Å²) in [6, 6.07) is 28.2. The Bertz CT molecular complexity index is 2550. The number of unbranched alkanes of at least 4 members (excludes halogenated alkanes) is 7. The van der Waals surface area contributed by atoms with Crippen LogP contribution in [0.3, 0.4) is 0 Å². The fourth-order valence-corrected chi connectivity index (χ4v) is 11.4. The zero-order valence-corrected chi connectivity index (χ0v) is 42.0. The molecule has 2 fully saturated rings. The smallest absolute Gasteiger partial charge is 0.206 e. The number of aryl methyl sites for hydroxylation is 2. The summed E-state index contributed by atoms with van der Waals surface area (Å²) in [6.07, 6.45) is 21.5. The van der Waals surface area contributed by atoms with E-state index in [1.165, 1.54) is 170 Å². The number of rotatable bonds is 19. The van der Waals surface area contributed by atoms with Crippen LogP contribution in [0.2, 0.25) is 0 Å². The van der Waals surface area contributed by atoms with Gasteiger partial charge in [0.2, 0.25) is 0 Å². The Kier molecular flexibility index (Phi) is 19.6. The lowest BCUT2D eigenvalue weighted by Crippen LogP contribution is -2.15. The van der Waals surface area contributed by atoms with Crippen molar-refractivity contribution in [3.63, 3.8) is 0 Å². The molecule has 0 spiro atoms. The Labute approximate surface area is 418 Å². The minimum absolute atomic E-state index is 0.324. The van der Waals surface area contributed by atoms with Crippen molar-refractivity contribution in [2.75, 3.05) is 0 Å². The van der Waals surface area contributed by atoms with E-state index in [2.05, 4.69) is 26.0 Å². The molecule has 71 heavy (non-hydrogen) atoms. The fourth-order valence-electron chi connectivity index (χ4n) is 11.4. The monoisotopic (exact) mass is 983 g/mol. The van der Waals surface area contributed by atoms with Gasteiger partial charge in [-0.25, -0.2) is 8.78 Å². The topological polar surface area (TPSA) is 0 Å². The van der Waals surface area contributed by atoms with Gasteiger partial charge in [0.15, 0.2) is 0 Å². The summed E-state index contributed by atoms with van der Waals surface area (Å²) in [5, 5.41) is 2.70. The van der Waals surface area contributed by atoms with E-state index in [-0.39, 0.29) is 11.6 Å². The molecule has 2 aliphatic carbocycles. The minimum atomic E-state index is -4.40. The SMILES string of the molecule is CCCCCCC1CCC(CCc2ccc3c(F)c(-c4ccc(C(F)(F)F)cc4)ccc3c2)CC1.CCCCCCCC1CCC(CCc2ccc3c(F)c(-c4ccc(C(F)(F)F)cc4)ccc3c2)CC1. The summed E-state index contributed by atoms with van der Waals surface area (Å²) in [7, 11) is 0. The maximum Gasteiger partial charge on any atom is 0.416 e. The molecule has 0 unspecified atom stereocenters. The van der Waals surface area contributed by atoms with Crippen LogP contribution >= 0.6 is 0 Å². The van der Waals surface area contributed by atoms with Crippen LogP contribution in [0.1, 0.15) is 171 Å². The summed E-state index contributed by atoms with van der Waals surface area (Å²) < 4.78 is 108. The van der Waals surface area contributed by atoms with Crippen LogP contribution < -0.4 is 0 Å². The largest absolute Gasteiger partial charge is 0.416 e. The molecular weight excluding hydrogens is 909 g/mol. The first-order chi connectivity index (χ1) is 34.2. The Morgan fingerprint density at radius 2 is 0.718 bits per heavy atom. The van der Waals surface area contributed by atoms with E-state index in [0.717, 1.165) is 71.6 Å². The molecule has 0 amide bonds. The van der Waals surface area contributed by atoms with Gasteiger partial charge in [-0.15, -0.1) is 0 Å². The van der Waals surface area contributed by atoms with Gasteiger partial charge < -0.3 is 0 Å². The van der Waals surface area contributed by atoms with Crippen LogP contribution in [0, 0.1) is 35.3 Å². The summed E-state index contributed by atoms with van der Waals surface area (Å²) in [4.78, 5) is 0. The molecule has 6 aromatic rings. The second-order valence-corrected chi connectivity index (χ2v) is 21.0. The Hall–Kier alpha value is -4.72. The molecule has 0 bridgehead atoms. The fraction of sp³-hybridized carbons (Fsp3) is 0.492. The molecule has 8 rings (SSSR count). The van der Waals surface area contributed by atoms with E-state index in [0.29, 0.717) is 33.0 Å². The van der Waals surface area contributed by atoms with Gasteiger partial charge in [-0.1, -0.05) is 221 Å². The van der Waals surface area contributed by atoms with E-state index in [9.17, 15) is 26.3 Å². The van der Waals surface area contributed by atoms with E-state index < -0.39 is 23.5 Å². The van der Waals surface area contributed by atoms with Gasteiger partial charge in [-0.3, -0.25) is 0 Å². The molecule has 0 heterocycles. The maximum absolute atomic E-state index is 15.3. The highest BCUT2D eigenvalue weighted by atomic mass is 19.4. The molecule has 0 aliphatic heterocycles. The normalized spacial score (nSPS) is 18.7. The predicted molar refractivity (Wildman–Crippen MR) is 278 cm³/mol. The lowest BCUT2D eigenvalue weighted by molar-refractivity contribution is -0.138. The molecule has 0 saturated heterocycles. The molecule has 2 aliphatic rings. The number of benzene rings is 6. The van der Waals surface area contributed by atoms with Crippen LogP contribution in [0.4, 0.5) is 35.1 Å². The van der Waals surface area contributed by atoms with Gasteiger partial charge in [0.25, 0.3) is 0 Å². The van der Waals surface area contributed by atoms with Crippen LogP contribution in [-0.4, -0.2) is 0 Å². The van der Waals surface area contributed by atoms with Crippen molar-refractivity contribution in [3.05, 3.63) is 143 Å². The zero-order chi connectivity index (χ0) is 50.4. The van der Waals surface area contributed by atoms with E-state index in [1.807, 2.05) is 36.4 Å². The summed E-state index contributed by atoms with van der Waals surface area (Å²) >= 11 is 0. The number of halogens is 8. The molecule has 382 valence electrons. The summed E-state index contributed by atoms with van der Waals surface area (Å²) in [5.41, 5.74) is 2.53. The standard InChI is InChI=1S/C32H38F4.C31H36F4/c1-2-3-4-5-6-7-23-8-10-24(11-9-23)12-13-25-14-20-30-27(22-25)17-21-29(31(30)33)26-15-18-28(19-16-26)32(34,35)36;1-2-3-4-5-6-22-7-9-23(10-8-22)11-12-24-13-19-29-26(21-24)16-20-28(30(29)32)25-14-17-27(18-15-25)31(33,34)35/h14-24H,2-13H2,1H3;13-23H,2-12H2,1H3. The Morgan fingerprint density at radius 1 is 0.380 bits per heavy atom. The lowest BCUT2D eigenvalue weighted by Gasteiger charge is -2.28. The highest BCUT2D eigenvalue weighted by Crippen LogP contribution is 2.39. The Balaban J connectivity index is 0.000000209. The second-order valence-electron chi connectivity index (χ2n) is 21.0. The van der Waals surface area contributed by atoms with Gasteiger partial charge in [-0.05, 0) is 107 Å². The van der Waals surface area contributed by atoms with Crippen LogP contribution in [-0.2, 0) is 25.2 Å². The number of alkyl halides is 6. The zero-order valence-electron chi connectivity index (χ0n) is 42.0.